The maximum Gasteiger partial charge on any atom is 0.472 e. The van der Waals surface area contributed by atoms with Crippen molar-refractivity contribution in [3.05, 3.63) is 24.3 Å². The van der Waals surface area contributed by atoms with E-state index in [0.717, 1.165) is 51.4 Å². The van der Waals surface area contributed by atoms with Crippen LogP contribution in [-0.4, -0.2) is 73.4 Å². The summed E-state index contributed by atoms with van der Waals surface area (Å²) in [5, 5.41) is 13.8. The number of hydrogen-bond donors (Lipinski definition) is 3. The average Bonchev–Trinajstić information content (AvgIpc) is 3.15. The summed E-state index contributed by atoms with van der Waals surface area (Å²) in [6, 6.07) is -0.847. The SMILES string of the molecule is CCCCCCC/C=C\CCCCCCCC(=O)NC(COP(=O)(O)OCC[N+](C)(C)C)C(O)/C=C/CCCCCCCCCCCCCCCCCCCC. The Balaban J connectivity index is 4.36. The highest BCUT2D eigenvalue weighted by atomic mass is 31.2. The number of carbonyl (C=O) groups is 1. The quantitative estimate of drug-likeness (QED) is 0.0245. The van der Waals surface area contributed by atoms with Gasteiger partial charge in [-0.2, -0.15) is 0 Å². The normalized spacial score (nSPS) is 14.5. The van der Waals surface area contributed by atoms with E-state index in [2.05, 4.69) is 31.3 Å². The summed E-state index contributed by atoms with van der Waals surface area (Å²) >= 11 is 0. The fraction of sp³-hybridized carbons (Fsp3) is 0.894. The van der Waals surface area contributed by atoms with Crippen molar-refractivity contribution in [3.8, 4) is 0 Å². The van der Waals surface area contributed by atoms with Gasteiger partial charge in [0.2, 0.25) is 5.91 Å². The second kappa shape index (κ2) is 39.4. The molecule has 0 aromatic rings. The van der Waals surface area contributed by atoms with Crippen LogP contribution < -0.4 is 5.32 Å². The summed E-state index contributed by atoms with van der Waals surface area (Å²) < 4.78 is 23.6. The van der Waals surface area contributed by atoms with E-state index in [1.165, 1.54) is 148 Å². The van der Waals surface area contributed by atoms with Crippen molar-refractivity contribution in [1.29, 1.82) is 0 Å². The smallest absolute Gasteiger partial charge is 0.387 e. The van der Waals surface area contributed by atoms with Gasteiger partial charge in [0.1, 0.15) is 13.2 Å². The average molecular weight is 814 g/mol. The van der Waals surface area contributed by atoms with Crippen molar-refractivity contribution in [2.75, 3.05) is 40.9 Å². The topological polar surface area (TPSA) is 105 Å². The molecule has 0 heterocycles. The lowest BCUT2D eigenvalue weighted by molar-refractivity contribution is -0.870. The monoisotopic (exact) mass is 814 g/mol. The molecule has 0 saturated carbocycles. The van der Waals surface area contributed by atoms with Gasteiger partial charge in [-0.1, -0.05) is 192 Å². The number of nitrogens with one attached hydrogen (secondary N) is 1. The number of nitrogens with zero attached hydrogens (tertiary/aromatic N) is 1. The largest absolute Gasteiger partial charge is 0.472 e. The van der Waals surface area contributed by atoms with E-state index in [9.17, 15) is 19.4 Å². The van der Waals surface area contributed by atoms with Gasteiger partial charge in [-0.3, -0.25) is 13.8 Å². The second-order valence-corrected chi connectivity index (χ2v) is 18.9. The highest BCUT2D eigenvalue weighted by Crippen LogP contribution is 2.43. The first-order chi connectivity index (χ1) is 27.0. The number of rotatable bonds is 43. The van der Waals surface area contributed by atoms with E-state index in [-0.39, 0.29) is 19.1 Å². The van der Waals surface area contributed by atoms with Crippen LogP contribution in [0, 0.1) is 0 Å². The van der Waals surface area contributed by atoms with Gasteiger partial charge < -0.3 is 19.8 Å². The zero-order valence-electron chi connectivity index (χ0n) is 37.6. The van der Waals surface area contributed by atoms with Crippen LogP contribution in [0.3, 0.4) is 0 Å². The fourth-order valence-corrected chi connectivity index (χ4v) is 7.60. The number of likely N-dealkylation sites (N-methyl/N-ethyl adjacent to an activating group) is 1. The highest BCUT2D eigenvalue weighted by molar-refractivity contribution is 7.47. The number of phosphoric ester groups is 1. The zero-order chi connectivity index (χ0) is 41.4. The third kappa shape index (κ3) is 41.2. The Labute approximate surface area is 347 Å². The first kappa shape index (κ1) is 55.0. The molecule has 0 saturated heterocycles. The standard InChI is InChI=1S/C47H93N2O6P/c1-6-8-10-12-14-16-18-20-22-23-24-25-26-27-28-30-32-34-36-38-40-46(50)45(44-55-56(52,53)54-43-42-49(3,4)5)48-47(51)41-39-37-35-33-31-29-21-19-17-15-13-11-9-7-2/h19,21,38,40,45-46,50H,6-18,20,22-37,39,41-44H2,1-5H3,(H-,48,51,52,53)/p+1/b21-19-,40-38+. The van der Waals surface area contributed by atoms with Gasteiger partial charge in [0, 0.05) is 6.42 Å². The molecule has 0 bridgehead atoms. The van der Waals surface area contributed by atoms with Crippen LogP contribution >= 0.6 is 7.82 Å². The predicted octanol–water partition coefficient (Wildman–Crippen LogP) is 13.3. The van der Waals surface area contributed by atoms with Crippen molar-refractivity contribution in [2.45, 2.75) is 231 Å². The molecule has 0 fully saturated rings. The number of carbonyl (C=O) groups excluding carboxylic acids is 1. The first-order valence-corrected chi connectivity index (χ1v) is 25.2. The van der Waals surface area contributed by atoms with Gasteiger partial charge in [0.05, 0.1) is 39.9 Å². The number of aliphatic hydroxyl groups is 1. The fourth-order valence-electron chi connectivity index (χ4n) is 6.86. The van der Waals surface area contributed by atoms with Crippen molar-refractivity contribution < 1.29 is 32.9 Å². The van der Waals surface area contributed by atoms with Crippen molar-refractivity contribution in [3.63, 3.8) is 0 Å². The van der Waals surface area contributed by atoms with E-state index in [1.807, 2.05) is 27.2 Å². The van der Waals surface area contributed by atoms with Gasteiger partial charge >= 0.3 is 7.82 Å². The predicted molar refractivity (Wildman–Crippen MR) is 240 cm³/mol. The van der Waals surface area contributed by atoms with Gasteiger partial charge in [0.15, 0.2) is 0 Å². The zero-order valence-corrected chi connectivity index (χ0v) is 38.5. The van der Waals surface area contributed by atoms with Crippen LogP contribution in [0.1, 0.15) is 219 Å². The summed E-state index contributed by atoms with van der Waals surface area (Å²) in [6.45, 7) is 4.81. The number of amides is 1. The Kier molecular flexibility index (Phi) is 38.7. The number of hydrogen-bond acceptors (Lipinski definition) is 5. The van der Waals surface area contributed by atoms with Crippen LogP contribution in [0.2, 0.25) is 0 Å². The molecular formula is C47H94N2O6P+. The van der Waals surface area contributed by atoms with Crippen molar-refractivity contribution in [2.24, 2.45) is 0 Å². The molecule has 0 rings (SSSR count). The second-order valence-electron chi connectivity index (χ2n) is 17.5. The third-order valence-corrected chi connectivity index (χ3v) is 11.6. The molecule has 8 nitrogen and oxygen atoms in total. The molecule has 0 aliphatic rings. The van der Waals surface area contributed by atoms with Crippen LogP contribution in [-0.2, 0) is 18.4 Å². The molecule has 0 spiro atoms. The van der Waals surface area contributed by atoms with Crippen LogP contribution in [0.25, 0.3) is 0 Å². The third-order valence-electron chi connectivity index (χ3n) is 10.7. The Morgan fingerprint density at radius 2 is 0.964 bits per heavy atom. The van der Waals surface area contributed by atoms with Crippen LogP contribution in [0.15, 0.2) is 24.3 Å². The van der Waals surface area contributed by atoms with Crippen molar-refractivity contribution in [1.82, 2.24) is 5.32 Å². The molecule has 332 valence electrons. The molecule has 0 aromatic heterocycles. The minimum absolute atomic E-state index is 0.0611. The Morgan fingerprint density at radius 1 is 0.589 bits per heavy atom. The van der Waals surface area contributed by atoms with Crippen LogP contribution in [0.4, 0.5) is 0 Å². The maximum absolute atomic E-state index is 12.9. The number of aliphatic hydroxyl groups excluding tert-OH is 1. The van der Waals surface area contributed by atoms with Gasteiger partial charge in [-0.05, 0) is 44.9 Å². The van der Waals surface area contributed by atoms with Gasteiger partial charge in [-0.15, -0.1) is 0 Å². The van der Waals surface area contributed by atoms with E-state index in [1.54, 1.807) is 6.08 Å². The Bertz CT molecular complexity index is 969. The summed E-state index contributed by atoms with van der Waals surface area (Å²) in [6.07, 6.45) is 46.7. The molecule has 3 unspecified atom stereocenters. The van der Waals surface area contributed by atoms with Gasteiger partial charge in [0.25, 0.3) is 0 Å². The molecule has 56 heavy (non-hydrogen) atoms. The number of quaternary nitrogens is 1. The lowest BCUT2D eigenvalue weighted by Gasteiger charge is -2.25. The highest BCUT2D eigenvalue weighted by Gasteiger charge is 2.27. The minimum atomic E-state index is -4.34. The first-order valence-electron chi connectivity index (χ1n) is 23.7. The van der Waals surface area contributed by atoms with E-state index in [0.29, 0.717) is 17.4 Å². The molecule has 9 heteroatoms. The minimum Gasteiger partial charge on any atom is -0.387 e. The molecule has 0 aromatic carbocycles. The molecule has 3 N–H and O–H groups in total. The summed E-state index contributed by atoms with van der Waals surface area (Å²) in [7, 11) is 1.57. The number of phosphoric acid groups is 1. The van der Waals surface area contributed by atoms with E-state index >= 15 is 0 Å². The lowest BCUT2D eigenvalue weighted by atomic mass is 10.0. The summed E-state index contributed by atoms with van der Waals surface area (Å²) in [5.74, 6) is -0.185. The molecule has 3 atom stereocenters. The Morgan fingerprint density at radius 3 is 1.38 bits per heavy atom. The van der Waals surface area contributed by atoms with Crippen molar-refractivity contribution >= 4 is 13.7 Å². The number of unbranched alkanes of at least 4 members (excludes halogenated alkanes) is 28. The molecular weight excluding hydrogens is 719 g/mol. The van der Waals surface area contributed by atoms with Gasteiger partial charge in [-0.25, -0.2) is 4.57 Å². The molecule has 0 aliphatic heterocycles. The molecule has 0 aliphatic carbocycles. The summed E-state index contributed by atoms with van der Waals surface area (Å²) in [4.78, 5) is 23.1. The van der Waals surface area contributed by atoms with E-state index < -0.39 is 20.0 Å². The van der Waals surface area contributed by atoms with Crippen LogP contribution in [0.5, 0.6) is 0 Å². The lowest BCUT2D eigenvalue weighted by Crippen LogP contribution is -2.45. The number of allylic oxidation sites excluding steroid dienone is 3. The molecule has 1 amide bonds. The Hall–Kier alpha value is -1.02. The van der Waals surface area contributed by atoms with E-state index in [4.69, 9.17) is 9.05 Å². The summed E-state index contributed by atoms with van der Waals surface area (Å²) in [5.41, 5.74) is 0. The molecule has 0 radical (unpaired) electrons. The maximum atomic E-state index is 12.9.